The zero-order valence-corrected chi connectivity index (χ0v) is 16.0. The maximum Gasteiger partial charge on any atom is 0.436 e. The van der Waals surface area contributed by atoms with Crippen LogP contribution in [0.2, 0.25) is 0 Å². The van der Waals surface area contributed by atoms with Crippen molar-refractivity contribution in [3.05, 3.63) is 32.2 Å². The number of hydrogen-bond donors (Lipinski definition) is 1. The highest BCUT2D eigenvalue weighted by Crippen LogP contribution is 2.35. The zero-order valence-electron chi connectivity index (χ0n) is 12.8. The molecule has 132 valence electrons. The van der Waals surface area contributed by atoms with Gasteiger partial charge >= 0.3 is 6.18 Å². The van der Waals surface area contributed by atoms with Crippen LogP contribution >= 0.6 is 31.9 Å². The Kier molecular flexibility index (Phi) is 5.74. The van der Waals surface area contributed by atoms with Gasteiger partial charge < -0.3 is 5.32 Å². The fourth-order valence-electron chi connectivity index (χ4n) is 2.07. The Morgan fingerprint density at radius 1 is 1.33 bits per heavy atom. The molecule has 11 heteroatoms. The third-order valence-corrected chi connectivity index (χ3v) is 4.96. The molecule has 0 aliphatic heterocycles. The lowest BCUT2D eigenvalue weighted by Gasteiger charge is -2.09. The molecule has 2 heterocycles. The minimum Gasteiger partial charge on any atom is -0.349 e. The monoisotopic (exact) mass is 471 g/mol. The van der Waals surface area contributed by atoms with Gasteiger partial charge in [-0.2, -0.15) is 23.4 Å². The maximum absolute atomic E-state index is 12.8. The number of amides is 1. The summed E-state index contributed by atoms with van der Waals surface area (Å²) in [6.45, 7) is 3.91. The SMILES string of the molecule is CCn1ncc(Br)c1CNC(=O)Cn1nc(C(F)(F)F)c(Br)c1C. The molecule has 0 atom stereocenters. The van der Waals surface area contributed by atoms with Crippen LogP contribution in [0.3, 0.4) is 0 Å². The first-order valence-corrected chi connectivity index (χ1v) is 8.50. The van der Waals surface area contributed by atoms with E-state index in [0.29, 0.717) is 6.54 Å². The number of hydrogen-bond acceptors (Lipinski definition) is 3. The second-order valence-electron chi connectivity index (χ2n) is 4.94. The van der Waals surface area contributed by atoms with E-state index >= 15 is 0 Å². The molecule has 0 aromatic carbocycles. The molecule has 0 bridgehead atoms. The summed E-state index contributed by atoms with van der Waals surface area (Å²) in [5.41, 5.74) is -0.0305. The molecule has 0 saturated carbocycles. The van der Waals surface area contributed by atoms with Crippen LogP contribution in [0, 0.1) is 6.92 Å². The fraction of sp³-hybridized carbons (Fsp3) is 0.462. The summed E-state index contributed by atoms with van der Waals surface area (Å²) in [6.07, 6.45) is -2.96. The number of alkyl halides is 3. The molecular weight excluding hydrogens is 459 g/mol. The molecule has 2 aromatic heterocycles. The van der Waals surface area contributed by atoms with E-state index in [0.717, 1.165) is 14.8 Å². The predicted octanol–water partition coefficient (Wildman–Crippen LogP) is 3.27. The first-order chi connectivity index (χ1) is 11.1. The number of aryl methyl sites for hydroxylation is 1. The molecule has 0 radical (unpaired) electrons. The second kappa shape index (κ2) is 7.26. The van der Waals surface area contributed by atoms with Gasteiger partial charge in [-0.15, -0.1) is 0 Å². The molecule has 0 fully saturated rings. The van der Waals surface area contributed by atoms with Crippen LogP contribution in [0.5, 0.6) is 0 Å². The molecule has 24 heavy (non-hydrogen) atoms. The molecule has 1 amide bonds. The summed E-state index contributed by atoms with van der Waals surface area (Å²) in [5.74, 6) is -0.447. The molecule has 0 spiro atoms. The van der Waals surface area contributed by atoms with Crippen molar-refractivity contribution in [2.24, 2.45) is 0 Å². The van der Waals surface area contributed by atoms with Crippen LogP contribution < -0.4 is 5.32 Å². The second-order valence-corrected chi connectivity index (χ2v) is 6.58. The number of nitrogens with zero attached hydrogens (tertiary/aromatic N) is 4. The summed E-state index contributed by atoms with van der Waals surface area (Å²) >= 11 is 6.21. The number of aromatic nitrogens is 4. The van der Waals surface area contributed by atoms with Crippen molar-refractivity contribution in [1.82, 2.24) is 24.9 Å². The van der Waals surface area contributed by atoms with Crippen molar-refractivity contribution in [2.45, 2.75) is 39.7 Å². The van der Waals surface area contributed by atoms with E-state index in [1.807, 2.05) is 6.92 Å². The number of nitrogens with one attached hydrogen (secondary N) is 1. The average molecular weight is 473 g/mol. The molecule has 2 aromatic rings. The van der Waals surface area contributed by atoms with Gasteiger partial charge in [-0.3, -0.25) is 14.2 Å². The van der Waals surface area contributed by atoms with E-state index in [1.54, 1.807) is 10.9 Å². The Morgan fingerprint density at radius 2 is 2.00 bits per heavy atom. The maximum atomic E-state index is 12.8. The topological polar surface area (TPSA) is 64.7 Å². The fourth-order valence-corrected chi connectivity index (χ4v) is 3.01. The first-order valence-electron chi connectivity index (χ1n) is 6.92. The van der Waals surface area contributed by atoms with Gasteiger partial charge in [0.2, 0.25) is 5.91 Å². The summed E-state index contributed by atoms with van der Waals surface area (Å²) in [7, 11) is 0. The van der Waals surface area contributed by atoms with E-state index in [2.05, 4.69) is 47.4 Å². The van der Waals surface area contributed by atoms with Gasteiger partial charge in [0.05, 0.1) is 33.1 Å². The van der Waals surface area contributed by atoms with Crippen molar-refractivity contribution >= 4 is 37.8 Å². The summed E-state index contributed by atoms with van der Waals surface area (Å²) < 4.78 is 41.8. The lowest BCUT2D eigenvalue weighted by atomic mass is 10.3. The lowest BCUT2D eigenvalue weighted by Crippen LogP contribution is -2.29. The van der Waals surface area contributed by atoms with Crippen LogP contribution in [-0.2, 0) is 30.6 Å². The van der Waals surface area contributed by atoms with Crippen molar-refractivity contribution in [1.29, 1.82) is 0 Å². The van der Waals surface area contributed by atoms with Gasteiger partial charge in [0.15, 0.2) is 5.69 Å². The van der Waals surface area contributed by atoms with E-state index in [9.17, 15) is 18.0 Å². The standard InChI is InChI=1S/C13H14Br2F3N5O/c1-3-22-9(8(14)4-20-22)5-19-10(24)6-23-7(2)11(15)12(21-23)13(16,17)18/h4H,3,5-6H2,1-2H3,(H,19,24). The highest BCUT2D eigenvalue weighted by Gasteiger charge is 2.38. The third-order valence-electron chi connectivity index (χ3n) is 3.35. The Balaban J connectivity index is 2.07. The highest BCUT2D eigenvalue weighted by atomic mass is 79.9. The Bertz CT molecular complexity index is 754. The smallest absolute Gasteiger partial charge is 0.349 e. The van der Waals surface area contributed by atoms with Crippen molar-refractivity contribution in [2.75, 3.05) is 0 Å². The first kappa shape index (κ1) is 19.0. The summed E-state index contributed by atoms with van der Waals surface area (Å²) in [5, 5.41) is 10.3. The molecule has 6 nitrogen and oxygen atoms in total. The van der Waals surface area contributed by atoms with Crippen LogP contribution in [0.15, 0.2) is 15.1 Å². The molecule has 0 unspecified atom stereocenters. The number of halogens is 5. The predicted molar refractivity (Wildman–Crippen MR) is 87.1 cm³/mol. The summed E-state index contributed by atoms with van der Waals surface area (Å²) in [6, 6.07) is 0. The average Bonchev–Trinajstić information content (AvgIpc) is 2.99. The minimum absolute atomic E-state index is 0.158. The van der Waals surface area contributed by atoms with Crippen LogP contribution in [0.4, 0.5) is 13.2 Å². The van der Waals surface area contributed by atoms with Gasteiger partial charge in [-0.1, -0.05) is 0 Å². The van der Waals surface area contributed by atoms with Crippen LogP contribution in [0.1, 0.15) is 24.0 Å². The van der Waals surface area contributed by atoms with Gasteiger partial charge in [0, 0.05) is 6.54 Å². The van der Waals surface area contributed by atoms with E-state index < -0.39 is 17.8 Å². The highest BCUT2D eigenvalue weighted by molar-refractivity contribution is 9.10. The molecule has 0 saturated heterocycles. The van der Waals surface area contributed by atoms with E-state index in [4.69, 9.17) is 0 Å². The molecule has 0 aliphatic rings. The Morgan fingerprint density at radius 3 is 2.54 bits per heavy atom. The largest absolute Gasteiger partial charge is 0.436 e. The van der Waals surface area contributed by atoms with E-state index in [-0.39, 0.29) is 23.3 Å². The van der Waals surface area contributed by atoms with Gasteiger partial charge in [0.1, 0.15) is 6.54 Å². The molecule has 2 rings (SSSR count). The van der Waals surface area contributed by atoms with Gasteiger partial charge in [-0.25, -0.2) is 0 Å². The Labute approximate surface area is 152 Å². The van der Waals surface area contributed by atoms with E-state index in [1.165, 1.54) is 6.92 Å². The molecular formula is C13H14Br2F3N5O. The van der Waals surface area contributed by atoms with Crippen molar-refractivity contribution < 1.29 is 18.0 Å². The Hall–Kier alpha value is -1.36. The van der Waals surface area contributed by atoms with Crippen LogP contribution in [-0.4, -0.2) is 25.5 Å². The van der Waals surface area contributed by atoms with Gasteiger partial charge in [-0.05, 0) is 45.7 Å². The molecule has 1 N–H and O–H groups in total. The quantitative estimate of drug-likeness (QED) is 0.726. The normalized spacial score (nSPS) is 11.8. The third kappa shape index (κ3) is 4.00. The minimum atomic E-state index is -4.58. The zero-order chi connectivity index (χ0) is 18.1. The molecule has 0 aliphatic carbocycles. The number of carbonyl (C=O) groups is 1. The van der Waals surface area contributed by atoms with Crippen molar-refractivity contribution in [3.63, 3.8) is 0 Å². The van der Waals surface area contributed by atoms with Crippen molar-refractivity contribution in [3.8, 4) is 0 Å². The van der Waals surface area contributed by atoms with Crippen LogP contribution in [0.25, 0.3) is 0 Å². The number of rotatable bonds is 5. The van der Waals surface area contributed by atoms with Gasteiger partial charge in [0.25, 0.3) is 0 Å². The lowest BCUT2D eigenvalue weighted by molar-refractivity contribution is -0.142. The summed E-state index contributed by atoms with van der Waals surface area (Å²) in [4.78, 5) is 12.0. The number of carbonyl (C=O) groups excluding carboxylic acids is 1.